The summed E-state index contributed by atoms with van der Waals surface area (Å²) in [5.74, 6) is 3.42. The minimum atomic E-state index is 0.421. The van der Waals surface area contributed by atoms with E-state index in [1.165, 1.54) is 17.9 Å². The third-order valence-electron chi connectivity index (χ3n) is 1.71. The maximum atomic E-state index is 5.68. The number of hydrogen-bond donors (Lipinski definition) is 1. The van der Waals surface area contributed by atoms with E-state index in [9.17, 15) is 0 Å². The molecule has 1 nitrogen and oxygen atoms in total. The molecule has 0 saturated carbocycles. The number of hydrogen-bond acceptors (Lipinski definition) is 2. The van der Waals surface area contributed by atoms with Gasteiger partial charge in [-0.2, -0.15) is 11.8 Å². The number of nitrogens with two attached hydrogens (primary N) is 1. The average Bonchev–Trinajstić information content (AvgIpc) is 2.12. The molecular formula is C6H13NS. The highest BCUT2D eigenvalue weighted by atomic mass is 32.2. The van der Waals surface area contributed by atoms with Gasteiger partial charge in [0.2, 0.25) is 0 Å². The van der Waals surface area contributed by atoms with Gasteiger partial charge in [0.15, 0.2) is 0 Å². The SMILES string of the molecule is C[C@H](N)C1CCSC1. The summed E-state index contributed by atoms with van der Waals surface area (Å²) < 4.78 is 0. The molecule has 1 heterocycles. The standard InChI is InChI=1S/C6H13NS/c1-5(7)6-2-3-8-4-6/h5-6H,2-4,7H2,1H3/t5-,6?/m0/s1. The van der Waals surface area contributed by atoms with Crippen LogP contribution >= 0.6 is 11.8 Å². The molecule has 1 unspecified atom stereocenters. The highest BCUT2D eigenvalue weighted by molar-refractivity contribution is 7.99. The van der Waals surface area contributed by atoms with Crippen molar-refractivity contribution in [2.75, 3.05) is 11.5 Å². The second-order valence-corrected chi connectivity index (χ2v) is 3.63. The molecule has 48 valence electrons. The lowest BCUT2D eigenvalue weighted by molar-refractivity contribution is 0.496. The van der Waals surface area contributed by atoms with Crippen LogP contribution in [0, 0.1) is 5.92 Å². The van der Waals surface area contributed by atoms with Gasteiger partial charge in [0, 0.05) is 6.04 Å². The first-order valence-electron chi connectivity index (χ1n) is 3.14. The van der Waals surface area contributed by atoms with Crippen molar-refractivity contribution < 1.29 is 0 Å². The lowest BCUT2D eigenvalue weighted by Crippen LogP contribution is -2.25. The summed E-state index contributed by atoms with van der Waals surface area (Å²) in [5, 5.41) is 0. The van der Waals surface area contributed by atoms with Crippen molar-refractivity contribution in [3.63, 3.8) is 0 Å². The molecule has 0 aromatic carbocycles. The van der Waals surface area contributed by atoms with Crippen LogP contribution in [0.1, 0.15) is 13.3 Å². The Labute approximate surface area is 55.0 Å². The molecule has 0 spiro atoms. The summed E-state index contributed by atoms with van der Waals surface area (Å²) in [7, 11) is 0. The van der Waals surface area contributed by atoms with Crippen molar-refractivity contribution in [3.05, 3.63) is 0 Å². The van der Waals surface area contributed by atoms with E-state index in [0.717, 1.165) is 5.92 Å². The molecule has 1 aliphatic rings. The van der Waals surface area contributed by atoms with E-state index in [4.69, 9.17) is 5.73 Å². The summed E-state index contributed by atoms with van der Waals surface area (Å²) in [6, 6.07) is 0.421. The van der Waals surface area contributed by atoms with Gasteiger partial charge in [-0.25, -0.2) is 0 Å². The monoisotopic (exact) mass is 131 g/mol. The van der Waals surface area contributed by atoms with Gasteiger partial charge in [-0.15, -0.1) is 0 Å². The Balaban J connectivity index is 2.24. The predicted octanol–water partition coefficient (Wildman–Crippen LogP) is 1.09. The van der Waals surface area contributed by atoms with E-state index in [0.29, 0.717) is 6.04 Å². The summed E-state index contributed by atoms with van der Waals surface area (Å²) in [4.78, 5) is 0. The summed E-state index contributed by atoms with van der Waals surface area (Å²) in [6.07, 6.45) is 1.34. The minimum absolute atomic E-state index is 0.421. The first kappa shape index (κ1) is 6.43. The minimum Gasteiger partial charge on any atom is -0.328 e. The van der Waals surface area contributed by atoms with Gasteiger partial charge >= 0.3 is 0 Å². The Morgan fingerprint density at radius 3 is 2.75 bits per heavy atom. The molecule has 0 bridgehead atoms. The topological polar surface area (TPSA) is 26.0 Å². The van der Waals surface area contributed by atoms with Crippen LogP contribution in [0.15, 0.2) is 0 Å². The first-order valence-corrected chi connectivity index (χ1v) is 4.29. The van der Waals surface area contributed by atoms with Gasteiger partial charge in [-0.1, -0.05) is 0 Å². The van der Waals surface area contributed by atoms with Crippen LogP contribution < -0.4 is 5.73 Å². The zero-order valence-corrected chi connectivity index (χ0v) is 6.08. The van der Waals surface area contributed by atoms with E-state index in [2.05, 4.69) is 6.92 Å². The zero-order chi connectivity index (χ0) is 5.98. The largest absolute Gasteiger partial charge is 0.328 e. The Hall–Kier alpha value is 0.310. The van der Waals surface area contributed by atoms with Gasteiger partial charge < -0.3 is 5.73 Å². The molecule has 1 saturated heterocycles. The fourth-order valence-electron chi connectivity index (χ4n) is 0.967. The third-order valence-corrected chi connectivity index (χ3v) is 2.90. The Morgan fingerprint density at radius 1 is 1.75 bits per heavy atom. The highest BCUT2D eigenvalue weighted by Gasteiger charge is 2.18. The fraction of sp³-hybridized carbons (Fsp3) is 1.00. The molecule has 2 N–H and O–H groups in total. The van der Waals surface area contributed by atoms with Gasteiger partial charge in [0.1, 0.15) is 0 Å². The van der Waals surface area contributed by atoms with Gasteiger partial charge in [0.25, 0.3) is 0 Å². The maximum Gasteiger partial charge on any atom is 0.00469 e. The van der Waals surface area contributed by atoms with Crippen molar-refractivity contribution in [1.82, 2.24) is 0 Å². The smallest absolute Gasteiger partial charge is 0.00469 e. The molecule has 1 fully saturated rings. The summed E-state index contributed by atoms with van der Waals surface area (Å²) >= 11 is 2.03. The van der Waals surface area contributed by atoms with E-state index in [1.54, 1.807) is 0 Å². The number of rotatable bonds is 1. The van der Waals surface area contributed by atoms with Crippen molar-refractivity contribution in [1.29, 1.82) is 0 Å². The van der Waals surface area contributed by atoms with Crippen LogP contribution in [0.3, 0.4) is 0 Å². The van der Waals surface area contributed by atoms with E-state index in [-0.39, 0.29) is 0 Å². The van der Waals surface area contributed by atoms with Crippen molar-refractivity contribution in [2.24, 2.45) is 11.7 Å². The van der Waals surface area contributed by atoms with Crippen LogP contribution in [-0.4, -0.2) is 17.5 Å². The molecule has 0 aliphatic carbocycles. The van der Waals surface area contributed by atoms with E-state index >= 15 is 0 Å². The molecule has 2 heteroatoms. The van der Waals surface area contributed by atoms with Crippen LogP contribution in [0.5, 0.6) is 0 Å². The number of thioether (sulfide) groups is 1. The van der Waals surface area contributed by atoms with Crippen molar-refractivity contribution in [3.8, 4) is 0 Å². The molecule has 1 aliphatic heterocycles. The molecule has 0 radical (unpaired) electrons. The predicted molar refractivity (Wildman–Crippen MR) is 39.1 cm³/mol. The van der Waals surface area contributed by atoms with Crippen LogP contribution in [0.25, 0.3) is 0 Å². The summed E-state index contributed by atoms with van der Waals surface area (Å²) in [6.45, 7) is 2.11. The van der Waals surface area contributed by atoms with E-state index < -0.39 is 0 Å². The lowest BCUT2D eigenvalue weighted by atomic mass is 10.0. The van der Waals surface area contributed by atoms with Crippen LogP contribution in [-0.2, 0) is 0 Å². The molecule has 0 aromatic heterocycles. The highest BCUT2D eigenvalue weighted by Crippen LogP contribution is 2.24. The first-order chi connectivity index (χ1) is 3.80. The lowest BCUT2D eigenvalue weighted by Gasteiger charge is -2.10. The molecule has 0 amide bonds. The quantitative estimate of drug-likeness (QED) is 0.576. The Morgan fingerprint density at radius 2 is 2.50 bits per heavy atom. The van der Waals surface area contributed by atoms with Gasteiger partial charge in [-0.3, -0.25) is 0 Å². The molecular weight excluding hydrogens is 118 g/mol. The maximum absolute atomic E-state index is 5.68. The second-order valence-electron chi connectivity index (χ2n) is 2.48. The van der Waals surface area contributed by atoms with Crippen molar-refractivity contribution in [2.45, 2.75) is 19.4 Å². The Kier molecular flexibility index (Phi) is 2.20. The van der Waals surface area contributed by atoms with Gasteiger partial charge in [0.05, 0.1) is 0 Å². The second kappa shape index (κ2) is 2.74. The molecule has 0 aromatic rings. The Bertz CT molecular complexity index is 66.9. The molecule has 1 rings (SSSR count). The van der Waals surface area contributed by atoms with Crippen LogP contribution in [0.2, 0.25) is 0 Å². The van der Waals surface area contributed by atoms with Gasteiger partial charge in [-0.05, 0) is 30.8 Å². The average molecular weight is 131 g/mol. The molecule has 8 heavy (non-hydrogen) atoms. The fourth-order valence-corrected chi connectivity index (χ4v) is 2.38. The molecule has 2 atom stereocenters. The van der Waals surface area contributed by atoms with Crippen molar-refractivity contribution >= 4 is 11.8 Å². The summed E-state index contributed by atoms with van der Waals surface area (Å²) in [5.41, 5.74) is 5.68. The van der Waals surface area contributed by atoms with Crippen LogP contribution in [0.4, 0.5) is 0 Å². The normalized spacial score (nSPS) is 33.0. The zero-order valence-electron chi connectivity index (χ0n) is 5.26. The van der Waals surface area contributed by atoms with E-state index in [1.807, 2.05) is 11.8 Å². The third kappa shape index (κ3) is 1.39.